The molecule has 1 saturated carbocycles. The maximum Gasteiger partial charge on any atom is 0.246 e. The second-order valence-electron chi connectivity index (χ2n) is 22.7. The minimum absolute atomic E-state index is 0.00764. The lowest BCUT2D eigenvalue weighted by atomic mass is 9.93. The van der Waals surface area contributed by atoms with Crippen molar-refractivity contribution >= 4 is 41.0 Å². The summed E-state index contributed by atoms with van der Waals surface area (Å²) >= 11 is 0. The Hall–Kier alpha value is -8.09. The maximum atomic E-state index is 12.9. The third-order valence-corrected chi connectivity index (χ3v) is 15.2. The van der Waals surface area contributed by atoms with E-state index in [0.717, 1.165) is 80.7 Å². The van der Waals surface area contributed by atoms with Gasteiger partial charge in [-0.3, -0.25) is 30.3 Å². The largest absolute Gasteiger partial charge is 0.457 e. The first kappa shape index (κ1) is 69.7. The van der Waals surface area contributed by atoms with Gasteiger partial charge in [0.1, 0.15) is 47.2 Å². The molecule has 1 aromatic heterocycles. The minimum atomic E-state index is -0.00764. The number of amides is 1. The first-order valence-electron chi connectivity index (χ1n) is 30.7. The van der Waals surface area contributed by atoms with Crippen molar-refractivity contribution in [2.75, 3.05) is 84.6 Å². The Kier molecular flexibility index (Phi) is 30.6. The number of allylic oxidation sites excluding steroid dienone is 3. The highest BCUT2D eigenvalue weighted by atomic mass is 16.5. The highest BCUT2D eigenvalue weighted by Crippen LogP contribution is 2.28. The lowest BCUT2D eigenvalue weighted by Gasteiger charge is -2.34. The quantitative estimate of drug-likeness (QED) is 0.0242. The molecule has 87 heavy (non-hydrogen) atoms. The minimum Gasteiger partial charge on any atom is -0.457 e. The van der Waals surface area contributed by atoms with Crippen LogP contribution >= 0.6 is 0 Å². The molecular weight excluding hydrogens is 1090 g/mol. The second kappa shape index (κ2) is 38.1. The summed E-state index contributed by atoms with van der Waals surface area (Å²) in [6.07, 6.45) is 21.8. The van der Waals surface area contributed by atoms with Crippen molar-refractivity contribution in [3.05, 3.63) is 181 Å². The number of hydrogen-bond donors (Lipinski definition) is 6. The van der Waals surface area contributed by atoms with Crippen LogP contribution in [0, 0.1) is 16.7 Å². The molecule has 4 aliphatic rings. The van der Waals surface area contributed by atoms with Gasteiger partial charge in [-0.2, -0.15) is 0 Å². The third-order valence-electron chi connectivity index (χ3n) is 15.2. The SMILES string of the molecule is C=CN=C(C)/C(C(=N)c1ccc(Oc2ccccc2)cc1)=C(\C)N.CCC.CN1CCC(N(C)C/C=C/C(=O)N2CC[C@@H](Nc3ncnc(N)c3C(=N)c3ccc(Oc4ccccc4)cc3)C2)CC1.C[C@@H]1CCCN(C)C1.O=C/C=C/CNC1CCC1. The van der Waals surface area contributed by atoms with E-state index in [1.54, 1.807) is 13.0 Å². The Morgan fingerprint density at radius 2 is 1.34 bits per heavy atom. The molecule has 4 heterocycles. The molecule has 17 heteroatoms. The molecule has 9 rings (SSSR count). The van der Waals surface area contributed by atoms with Crippen LogP contribution in [0.2, 0.25) is 0 Å². The standard InChI is InChI=1S/C32H40N8O2.C20H21N3O.C8H13NO.C7H15N.C3H8/c1-38-18-15-25(16-19-38)39(2)17-6-9-28(41)40-20-14-24(21-40)37-32-29(31(34)35-22-36-32)30(33)23-10-12-27(13-11-23)42-26-7-4-3-5-8-26;1-4-23-15(3)19(14(2)21)20(22)16-10-12-18(13-11-16)24-17-8-6-5-7-9-17;10-7-2-1-6-9-8-4-3-5-8;1-7-4-3-5-8(2)6-7;1-3-2/h3-13,22,24-25,33H,14-21H2,1-2H3,(H3,34,35,36,37);4-13,22H,1,21H2,2-3H3;1-2,7-9H,3-6H2;7H,3-6H2,1-2H3;3H2,1-2H3/b9-6+,33-30?;19-14-,22-20?,23-15?;2-1+;;/t24-;;;7-;/m1..1./s1. The van der Waals surface area contributed by atoms with E-state index in [-0.39, 0.29) is 23.5 Å². The molecule has 0 bridgehead atoms. The summed E-state index contributed by atoms with van der Waals surface area (Å²) in [4.78, 5) is 44.4. The van der Waals surface area contributed by atoms with E-state index in [9.17, 15) is 9.59 Å². The number of aromatic nitrogens is 2. The van der Waals surface area contributed by atoms with E-state index < -0.39 is 0 Å². The van der Waals surface area contributed by atoms with E-state index in [2.05, 4.69) is 88.8 Å². The Morgan fingerprint density at radius 1 is 0.759 bits per heavy atom. The fraction of sp³-hybridized carbons (Fsp3) is 0.414. The monoisotopic (exact) mass is 1180 g/mol. The molecule has 1 aliphatic carbocycles. The van der Waals surface area contributed by atoms with Crippen LogP contribution in [-0.2, 0) is 9.59 Å². The summed E-state index contributed by atoms with van der Waals surface area (Å²) < 4.78 is 11.6. The van der Waals surface area contributed by atoms with Gasteiger partial charge in [0.2, 0.25) is 5.91 Å². The highest BCUT2D eigenvalue weighted by molar-refractivity contribution is 6.29. The van der Waals surface area contributed by atoms with Gasteiger partial charge in [0.15, 0.2) is 0 Å². The van der Waals surface area contributed by atoms with Crippen molar-refractivity contribution < 1.29 is 19.1 Å². The first-order valence-corrected chi connectivity index (χ1v) is 30.7. The molecule has 0 radical (unpaired) electrons. The summed E-state index contributed by atoms with van der Waals surface area (Å²) in [5, 5.41) is 24.1. The van der Waals surface area contributed by atoms with Gasteiger partial charge >= 0.3 is 0 Å². The van der Waals surface area contributed by atoms with Crippen molar-refractivity contribution in [2.45, 2.75) is 111 Å². The van der Waals surface area contributed by atoms with Crippen LogP contribution in [-0.4, -0.2) is 151 Å². The molecule has 4 aromatic carbocycles. The fourth-order valence-electron chi connectivity index (χ4n) is 10.2. The Morgan fingerprint density at radius 3 is 1.86 bits per heavy atom. The molecule has 3 saturated heterocycles. The van der Waals surface area contributed by atoms with E-state index >= 15 is 0 Å². The van der Waals surface area contributed by atoms with Crippen LogP contribution in [0.15, 0.2) is 169 Å². The average Bonchev–Trinajstić information content (AvgIpc) is 2.91. The number of aldehydes is 1. The topological polar surface area (TPSA) is 228 Å². The summed E-state index contributed by atoms with van der Waals surface area (Å²) in [5.41, 5.74) is 16.4. The molecule has 17 nitrogen and oxygen atoms in total. The van der Waals surface area contributed by atoms with Gasteiger partial charge in [-0.25, -0.2) is 9.97 Å². The number of likely N-dealkylation sites (tertiary alicyclic amines) is 3. The molecule has 5 aromatic rings. The number of hydrogen-bond acceptors (Lipinski definition) is 16. The van der Waals surface area contributed by atoms with Gasteiger partial charge in [-0.15, -0.1) is 0 Å². The molecule has 3 aliphatic heterocycles. The first-order chi connectivity index (χ1) is 42.0. The van der Waals surface area contributed by atoms with Gasteiger partial charge < -0.3 is 46.3 Å². The van der Waals surface area contributed by atoms with Crippen LogP contribution in [0.4, 0.5) is 11.6 Å². The van der Waals surface area contributed by atoms with E-state index in [4.69, 9.17) is 31.8 Å². The summed E-state index contributed by atoms with van der Waals surface area (Å²) in [6, 6.07) is 35.0. The van der Waals surface area contributed by atoms with Gasteiger partial charge in [-0.05, 0) is 184 Å². The smallest absolute Gasteiger partial charge is 0.246 e. The number of nitrogens with zero attached hydrogens (tertiary/aromatic N) is 7. The average molecular weight is 1180 g/mol. The number of para-hydroxylation sites is 2. The number of piperidine rings is 2. The van der Waals surface area contributed by atoms with Crippen LogP contribution < -0.4 is 31.6 Å². The summed E-state index contributed by atoms with van der Waals surface area (Å²) in [5.74, 6) is 4.57. The third kappa shape index (κ3) is 24.3. The van der Waals surface area contributed by atoms with E-state index in [1.807, 2.05) is 133 Å². The van der Waals surface area contributed by atoms with Crippen molar-refractivity contribution in [1.82, 2.24) is 34.9 Å². The molecule has 4 fully saturated rings. The molecule has 466 valence electrons. The number of likely N-dealkylation sites (N-methyl/N-ethyl adjacent to an activating group) is 1. The fourth-order valence-corrected chi connectivity index (χ4v) is 10.2. The van der Waals surface area contributed by atoms with Gasteiger partial charge in [0.25, 0.3) is 0 Å². The summed E-state index contributed by atoms with van der Waals surface area (Å²) in [7, 11) is 6.50. The molecule has 2 atom stereocenters. The molecule has 0 spiro atoms. The van der Waals surface area contributed by atoms with Crippen molar-refractivity contribution in [3.63, 3.8) is 0 Å². The molecule has 8 N–H and O–H groups in total. The number of rotatable bonds is 20. The Labute approximate surface area is 518 Å². The van der Waals surface area contributed by atoms with Gasteiger partial charge in [0.05, 0.1) is 17.0 Å². The van der Waals surface area contributed by atoms with Gasteiger partial charge in [-0.1, -0.05) is 88.7 Å². The second-order valence-corrected chi connectivity index (χ2v) is 22.7. The number of aliphatic imine (C=N–C) groups is 1. The lowest BCUT2D eigenvalue weighted by Crippen LogP contribution is -2.41. The number of nitrogens with one attached hydrogen (secondary N) is 4. The zero-order valence-corrected chi connectivity index (χ0v) is 52.9. The number of benzene rings is 4. The predicted octanol–water partition coefficient (Wildman–Crippen LogP) is 12.2. The highest BCUT2D eigenvalue weighted by Gasteiger charge is 2.28. The lowest BCUT2D eigenvalue weighted by molar-refractivity contribution is -0.125. The Bertz CT molecular complexity index is 3000. The van der Waals surface area contributed by atoms with Crippen molar-refractivity contribution in [1.29, 1.82) is 10.8 Å². The van der Waals surface area contributed by atoms with E-state index in [0.29, 0.717) is 70.3 Å². The molecular formula is C70H97N13O4. The Balaban J connectivity index is 0.000000254. The number of nitrogens with two attached hydrogens (primary N) is 2. The zero-order valence-electron chi connectivity index (χ0n) is 52.9. The van der Waals surface area contributed by atoms with Crippen LogP contribution in [0.5, 0.6) is 23.0 Å². The molecule has 1 amide bonds. The van der Waals surface area contributed by atoms with Crippen LogP contribution in [0.1, 0.15) is 109 Å². The number of carbonyl (C=O) groups is 2. The van der Waals surface area contributed by atoms with E-state index in [1.165, 1.54) is 70.2 Å². The number of ether oxygens (including phenoxy) is 2. The van der Waals surface area contributed by atoms with Crippen molar-refractivity contribution in [3.8, 4) is 23.0 Å². The number of carbonyl (C=O) groups excluding carboxylic acids is 2. The van der Waals surface area contributed by atoms with Crippen LogP contribution in [0.3, 0.4) is 0 Å². The number of nitrogen functional groups attached to an aromatic ring is 1. The normalized spacial score (nSPS) is 17.6. The zero-order chi connectivity index (χ0) is 62.9. The van der Waals surface area contributed by atoms with Crippen LogP contribution in [0.25, 0.3) is 0 Å². The summed E-state index contributed by atoms with van der Waals surface area (Å²) in [6.45, 7) is 21.4. The maximum absolute atomic E-state index is 12.9. The van der Waals surface area contributed by atoms with Crippen molar-refractivity contribution in [2.24, 2.45) is 16.6 Å². The number of anilines is 2. The molecule has 0 unspecified atom stereocenters. The van der Waals surface area contributed by atoms with Gasteiger partial charge in [0, 0.05) is 91.2 Å². The predicted molar refractivity (Wildman–Crippen MR) is 359 cm³/mol.